The van der Waals surface area contributed by atoms with Crippen LogP contribution >= 0.6 is 11.3 Å². The van der Waals surface area contributed by atoms with Crippen molar-refractivity contribution in [3.8, 4) is 11.5 Å². The summed E-state index contributed by atoms with van der Waals surface area (Å²) in [5, 5.41) is 10.6. The number of aromatic nitrogens is 2. The van der Waals surface area contributed by atoms with Gasteiger partial charge in [0.1, 0.15) is 0 Å². The Morgan fingerprint density at radius 2 is 1.90 bits per heavy atom. The summed E-state index contributed by atoms with van der Waals surface area (Å²) in [6, 6.07) is 5.24. The Morgan fingerprint density at radius 3 is 2.55 bits per heavy atom. The molecule has 31 heavy (non-hydrogen) atoms. The van der Waals surface area contributed by atoms with Crippen LogP contribution in [0.4, 0.5) is 0 Å². The maximum Gasteiger partial charge on any atom is 0.275 e. The maximum atomic E-state index is 13.4. The van der Waals surface area contributed by atoms with Crippen LogP contribution in [0.2, 0.25) is 0 Å². The second-order valence-electron chi connectivity index (χ2n) is 7.69. The number of carbonyl (C=O) groups is 1. The maximum absolute atomic E-state index is 13.4. The third-order valence-electron chi connectivity index (χ3n) is 6.05. The number of fused-ring (bicyclic) bond motifs is 2. The van der Waals surface area contributed by atoms with Gasteiger partial charge in [-0.25, -0.2) is 4.68 Å². The van der Waals surface area contributed by atoms with Crippen molar-refractivity contribution < 1.29 is 14.3 Å². The molecule has 164 valence electrons. The van der Waals surface area contributed by atoms with Crippen molar-refractivity contribution in [3.05, 3.63) is 50.1 Å². The molecular weight excluding hydrogens is 414 g/mol. The monoisotopic (exact) mass is 441 g/mol. The number of hydrogen-bond acceptors (Lipinski definition) is 6. The molecule has 1 amide bonds. The summed E-state index contributed by atoms with van der Waals surface area (Å²) in [5.41, 5.74) is 1.17. The van der Waals surface area contributed by atoms with Gasteiger partial charge < -0.3 is 14.8 Å². The van der Waals surface area contributed by atoms with Gasteiger partial charge in [0.15, 0.2) is 17.2 Å². The van der Waals surface area contributed by atoms with Crippen LogP contribution in [0.3, 0.4) is 0 Å². The largest absolute Gasteiger partial charge is 0.493 e. The van der Waals surface area contributed by atoms with Crippen LogP contribution in [-0.4, -0.2) is 29.9 Å². The van der Waals surface area contributed by atoms with Crippen LogP contribution < -0.4 is 20.3 Å². The van der Waals surface area contributed by atoms with Gasteiger partial charge in [0.2, 0.25) is 0 Å². The fourth-order valence-electron chi connectivity index (χ4n) is 4.30. The average Bonchev–Trinajstić information content (AvgIpc) is 3.40. The number of nitrogens with one attached hydrogen (secondary N) is 1. The van der Waals surface area contributed by atoms with E-state index < -0.39 is 0 Å². The predicted molar refractivity (Wildman–Crippen MR) is 122 cm³/mol. The number of ether oxygens (including phenoxy) is 2. The van der Waals surface area contributed by atoms with E-state index in [9.17, 15) is 9.59 Å². The van der Waals surface area contributed by atoms with E-state index in [2.05, 4.69) is 21.9 Å². The molecule has 7 nitrogen and oxygen atoms in total. The first kappa shape index (κ1) is 21.4. The fraction of sp³-hybridized carbons (Fsp3) is 0.435. The highest BCUT2D eigenvalue weighted by Crippen LogP contribution is 2.36. The number of carbonyl (C=O) groups excluding carboxylic acids is 1. The van der Waals surface area contributed by atoms with E-state index in [0.29, 0.717) is 22.3 Å². The van der Waals surface area contributed by atoms with Crippen LogP contribution in [0.1, 0.15) is 66.1 Å². The Balaban J connectivity index is 1.86. The van der Waals surface area contributed by atoms with Crippen molar-refractivity contribution >= 4 is 28.0 Å². The minimum Gasteiger partial charge on any atom is -0.493 e. The van der Waals surface area contributed by atoms with Crippen molar-refractivity contribution in [3.63, 3.8) is 0 Å². The fourth-order valence-corrected chi connectivity index (χ4v) is 5.26. The summed E-state index contributed by atoms with van der Waals surface area (Å²) in [5.74, 6) is 0.604. The number of hydrogen-bond donors (Lipinski definition) is 1. The number of benzene rings is 1. The molecule has 8 heteroatoms. The van der Waals surface area contributed by atoms with Crippen molar-refractivity contribution in [2.75, 3.05) is 14.2 Å². The van der Waals surface area contributed by atoms with Gasteiger partial charge in [0.25, 0.3) is 11.5 Å². The lowest BCUT2D eigenvalue weighted by Gasteiger charge is -2.19. The minimum atomic E-state index is -0.291. The summed E-state index contributed by atoms with van der Waals surface area (Å²) in [6.45, 7) is 4.02. The number of thiophene rings is 1. The van der Waals surface area contributed by atoms with Gasteiger partial charge in [-0.05, 0) is 54.8 Å². The third kappa shape index (κ3) is 3.69. The number of nitrogens with zero attached hydrogens (tertiary/aromatic N) is 2. The molecule has 0 aliphatic heterocycles. The first-order valence-corrected chi connectivity index (χ1v) is 11.5. The quantitative estimate of drug-likeness (QED) is 0.593. The second kappa shape index (κ2) is 8.70. The molecule has 0 fully saturated rings. The Labute approximate surface area is 185 Å². The van der Waals surface area contributed by atoms with E-state index in [1.165, 1.54) is 29.3 Å². The van der Waals surface area contributed by atoms with Gasteiger partial charge in [-0.2, -0.15) is 5.10 Å². The van der Waals surface area contributed by atoms with Gasteiger partial charge >= 0.3 is 0 Å². The summed E-state index contributed by atoms with van der Waals surface area (Å²) in [7, 11) is 3.05. The normalized spacial score (nSPS) is 15.3. The molecule has 1 aromatic carbocycles. The van der Waals surface area contributed by atoms with Gasteiger partial charge in [-0.1, -0.05) is 13.8 Å². The summed E-state index contributed by atoms with van der Waals surface area (Å²) < 4.78 is 12.3. The van der Waals surface area contributed by atoms with E-state index in [1.54, 1.807) is 23.5 Å². The van der Waals surface area contributed by atoms with Crippen LogP contribution in [0.25, 0.3) is 10.8 Å². The van der Waals surface area contributed by atoms with E-state index in [-0.39, 0.29) is 29.2 Å². The molecular formula is C23H27N3O4S. The average molecular weight is 442 g/mol. The zero-order valence-corrected chi connectivity index (χ0v) is 19.0. The van der Waals surface area contributed by atoms with E-state index >= 15 is 0 Å². The molecule has 2 heterocycles. The predicted octanol–water partition coefficient (Wildman–Crippen LogP) is 4.25. The van der Waals surface area contributed by atoms with Crippen molar-refractivity contribution in [1.29, 1.82) is 0 Å². The first-order chi connectivity index (χ1) is 15.0. The lowest BCUT2D eigenvalue weighted by atomic mass is 10.1. The molecule has 4 rings (SSSR count). The summed E-state index contributed by atoms with van der Waals surface area (Å²) in [6.07, 6.45) is 3.31. The van der Waals surface area contributed by atoms with Crippen molar-refractivity contribution in [2.24, 2.45) is 0 Å². The number of methoxy groups -OCH3 is 2. The number of rotatable bonds is 7. The first-order valence-electron chi connectivity index (χ1n) is 10.6. The molecule has 0 radical (unpaired) electrons. The van der Waals surface area contributed by atoms with Crippen LogP contribution in [0.5, 0.6) is 11.5 Å². The topological polar surface area (TPSA) is 82.5 Å². The van der Waals surface area contributed by atoms with Gasteiger partial charge in [-0.3, -0.25) is 9.59 Å². The molecule has 1 aliphatic rings. The van der Waals surface area contributed by atoms with Crippen molar-refractivity contribution in [2.45, 2.75) is 51.6 Å². The van der Waals surface area contributed by atoms with Gasteiger partial charge in [0, 0.05) is 10.3 Å². The second-order valence-corrected chi connectivity index (χ2v) is 8.69. The Kier molecular flexibility index (Phi) is 6.00. The molecule has 1 aliphatic carbocycles. The highest BCUT2D eigenvalue weighted by Gasteiger charge is 2.28. The van der Waals surface area contributed by atoms with Crippen LogP contribution in [0.15, 0.2) is 28.4 Å². The molecule has 1 unspecified atom stereocenters. The highest BCUT2D eigenvalue weighted by atomic mass is 32.1. The molecule has 1 N–H and O–H groups in total. The summed E-state index contributed by atoms with van der Waals surface area (Å²) in [4.78, 5) is 28.0. The molecule has 0 bridgehead atoms. The Hall–Kier alpha value is -2.87. The lowest BCUT2D eigenvalue weighted by Crippen LogP contribution is -2.33. The third-order valence-corrected chi connectivity index (χ3v) is 7.05. The standard InChI is InChI=1S/C23H27N3O4S/c1-5-13(6-2)26-23(28)16-12-19(30-4)18(29-3)11-15(16)21(25-26)22(27)24-17-7-8-20-14(17)9-10-31-20/h9-13,17H,5-8H2,1-4H3,(H,24,27). The minimum absolute atomic E-state index is 0.0423. The molecule has 0 saturated carbocycles. The molecule has 3 aromatic rings. The zero-order chi connectivity index (χ0) is 22.1. The lowest BCUT2D eigenvalue weighted by molar-refractivity contribution is 0.0930. The Morgan fingerprint density at radius 1 is 1.23 bits per heavy atom. The highest BCUT2D eigenvalue weighted by molar-refractivity contribution is 7.10. The molecule has 0 spiro atoms. The Bertz CT molecular complexity index is 1180. The number of amides is 1. The van der Waals surface area contributed by atoms with E-state index in [0.717, 1.165) is 25.7 Å². The summed E-state index contributed by atoms with van der Waals surface area (Å²) >= 11 is 1.72. The van der Waals surface area contributed by atoms with Gasteiger partial charge in [-0.15, -0.1) is 11.3 Å². The van der Waals surface area contributed by atoms with E-state index in [4.69, 9.17) is 9.47 Å². The zero-order valence-electron chi connectivity index (χ0n) is 18.2. The van der Waals surface area contributed by atoms with Gasteiger partial charge in [0.05, 0.1) is 31.7 Å². The molecule has 0 saturated heterocycles. The van der Waals surface area contributed by atoms with Crippen molar-refractivity contribution in [1.82, 2.24) is 15.1 Å². The van der Waals surface area contributed by atoms with Crippen LogP contribution in [0, 0.1) is 0 Å². The smallest absolute Gasteiger partial charge is 0.275 e. The SMILES string of the molecule is CCC(CC)n1nc(C(=O)NC2CCc3sccc32)c2cc(OC)c(OC)cc2c1=O. The van der Waals surface area contributed by atoms with E-state index in [1.807, 2.05) is 13.8 Å². The van der Waals surface area contributed by atoms with Crippen LogP contribution in [-0.2, 0) is 6.42 Å². The molecule has 2 aromatic heterocycles. The number of aryl methyl sites for hydroxylation is 1. The molecule has 1 atom stereocenters.